The van der Waals surface area contributed by atoms with Gasteiger partial charge in [-0.3, -0.25) is 9.59 Å². The molecule has 0 radical (unpaired) electrons. The van der Waals surface area contributed by atoms with Crippen LogP contribution >= 0.6 is 0 Å². The number of aliphatic carboxylic acids is 1. The molecule has 1 heterocycles. The van der Waals surface area contributed by atoms with Gasteiger partial charge in [0.15, 0.2) is 0 Å². The normalized spacial score (nSPS) is 16.9. The van der Waals surface area contributed by atoms with Crippen molar-refractivity contribution in [2.75, 3.05) is 19.7 Å². The number of fused-ring (bicyclic) bond motifs is 3. The van der Waals surface area contributed by atoms with Crippen LogP contribution in [0.1, 0.15) is 30.4 Å². The van der Waals surface area contributed by atoms with E-state index in [-0.39, 0.29) is 31.5 Å². The van der Waals surface area contributed by atoms with Gasteiger partial charge in [-0.25, -0.2) is 13.6 Å². The fourth-order valence-corrected chi connectivity index (χ4v) is 4.61. The Kier molecular flexibility index (Phi) is 6.81. The Balaban J connectivity index is 1.38. The van der Waals surface area contributed by atoms with Crippen molar-refractivity contribution in [1.29, 1.82) is 0 Å². The Labute approximate surface area is 195 Å². The van der Waals surface area contributed by atoms with Crippen LogP contribution in [0, 0.1) is 11.8 Å². The maximum atomic E-state index is 13.1. The fourth-order valence-electron chi connectivity index (χ4n) is 4.61. The summed E-state index contributed by atoms with van der Waals surface area (Å²) in [7, 11) is 0. The lowest BCUT2D eigenvalue weighted by Crippen LogP contribution is -2.59. The van der Waals surface area contributed by atoms with Crippen LogP contribution in [0.3, 0.4) is 0 Å². The van der Waals surface area contributed by atoms with Crippen LogP contribution in [0.2, 0.25) is 0 Å². The van der Waals surface area contributed by atoms with Gasteiger partial charge in [-0.15, -0.1) is 0 Å². The Bertz CT molecular complexity index is 1040. The molecule has 1 fully saturated rings. The molecule has 34 heavy (non-hydrogen) atoms. The minimum atomic E-state index is -2.81. The number of carboxylic acid groups (broad SMARTS) is 1. The maximum absolute atomic E-state index is 13.1. The summed E-state index contributed by atoms with van der Waals surface area (Å²) < 4.78 is 31.6. The average Bonchev–Trinajstić information content (AvgIpc) is 3.09. The number of halogens is 2. The molecular formula is C25H26F2N2O5. The van der Waals surface area contributed by atoms with Crippen molar-refractivity contribution in [3.05, 3.63) is 59.7 Å². The molecule has 1 aliphatic heterocycles. The number of carbonyl (C=O) groups excluding carboxylic acids is 2. The summed E-state index contributed by atoms with van der Waals surface area (Å²) in [5.41, 5.74) is 4.13. The van der Waals surface area contributed by atoms with Gasteiger partial charge >= 0.3 is 12.1 Å². The lowest BCUT2D eigenvalue weighted by atomic mass is 9.86. The van der Waals surface area contributed by atoms with Gasteiger partial charge in [0.2, 0.25) is 12.3 Å². The van der Waals surface area contributed by atoms with Crippen molar-refractivity contribution in [3.63, 3.8) is 0 Å². The molecule has 7 nitrogen and oxygen atoms in total. The zero-order valence-electron chi connectivity index (χ0n) is 18.6. The summed E-state index contributed by atoms with van der Waals surface area (Å²) in [5.74, 6) is -2.73. The molecule has 1 aliphatic carbocycles. The summed E-state index contributed by atoms with van der Waals surface area (Å²) in [6, 6.07) is 14.1. The van der Waals surface area contributed by atoms with E-state index in [1.807, 2.05) is 48.5 Å². The number of alkyl halides is 2. The van der Waals surface area contributed by atoms with Gasteiger partial charge in [-0.05, 0) is 22.3 Å². The van der Waals surface area contributed by atoms with Gasteiger partial charge in [0.05, 0.1) is 5.92 Å². The second kappa shape index (κ2) is 9.79. The molecule has 2 unspecified atom stereocenters. The number of hydrogen-bond acceptors (Lipinski definition) is 4. The Hall–Kier alpha value is -3.49. The molecule has 2 aliphatic rings. The molecule has 2 amide bonds. The molecule has 2 atom stereocenters. The highest BCUT2D eigenvalue weighted by Gasteiger charge is 2.40. The van der Waals surface area contributed by atoms with Crippen molar-refractivity contribution >= 4 is 18.0 Å². The highest BCUT2D eigenvalue weighted by Crippen LogP contribution is 2.44. The molecule has 2 aromatic carbocycles. The van der Waals surface area contributed by atoms with Crippen molar-refractivity contribution in [3.8, 4) is 11.1 Å². The van der Waals surface area contributed by atoms with Gasteiger partial charge in [0, 0.05) is 31.3 Å². The van der Waals surface area contributed by atoms with Crippen LogP contribution in [0.4, 0.5) is 13.6 Å². The van der Waals surface area contributed by atoms with Crippen LogP contribution in [-0.2, 0) is 14.3 Å². The van der Waals surface area contributed by atoms with E-state index in [2.05, 4.69) is 5.32 Å². The molecule has 0 bridgehead atoms. The van der Waals surface area contributed by atoms with Crippen molar-refractivity contribution in [2.24, 2.45) is 11.8 Å². The first kappa shape index (κ1) is 23.7. The van der Waals surface area contributed by atoms with E-state index in [1.165, 1.54) is 4.90 Å². The smallest absolute Gasteiger partial charge is 0.407 e. The van der Waals surface area contributed by atoms with Crippen molar-refractivity contribution in [1.82, 2.24) is 10.2 Å². The van der Waals surface area contributed by atoms with Gasteiger partial charge in [-0.2, -0.15) is 0 Å². The van der Waals surface area contributed by atoms with E-state index in [1.54, 1.807) is 6.92 Å². The zero-order chi connectivity index (χ0) is 24.4. The van der Waals surface area contributed by atoms with Crippen LogP contribution in [0.15, 0.2) is 48.5 Å². The number of alkyl carbamates (subject to hydrolysis) is 1. The summed E-state index contributed by atoms with van der Waals surface area (Å²) in [6.07, 6.45) is -4.60. The van der Waals surface area contributed by atoms with E-state index < -0.39 is 42.8 Å². The summed E-state index contributed by atoms with van der Waals surface area (Å²) >= 11 is 0. The number of nitrogens with one attached hydrogen (secondary N) is 1. The van der Waals surface area contributed by atoms with Crippen LogP contribution < -0.4 is 5.32 Å². The molecule has 1 saturated heterocycles. The molecular weight excluding hydrogens is 446 g/mol. The molecule has 0 saturated carbocycles. The van der Waals surface area contributed by atoms with E-state index in [4.69, 9.17) is 9.84 Å². The Morgan fingerprint density at radius 2 is 1.62 bits per heavy atom. The van der Waals surface area contributed by atoms with Crippen molar-refractivity contribution < 1.29 is 33.0 Å². The predicted octanol–water partition coefficient (Wildman–Crippen LogP) is 3.73. The molecule has 180 valence electrons. The minimum Gasteiger partial charge on any atom is -0.481 e. The number of likely N-dealkylation sites (tertiary alicyclic amines) is 1. The number of hydrogen-bond donors (Lipinski definition) is 2. The Morgan fingerprint density at radius 1 is 1.06 bits per heavy atom. The standard InChI is InChI=1S/C25H26F2N2O5/c1-14(24(31)32)15-11-29(12-15)23(30)21(10-22(26)27)28-25(33)34-13-20-18-8-4-2-6-16(18)17-7-3-5-9-19(17)20/h2-9,14-15,20-22H,10-13H2,1H3,(H,28,33)(H,31,32). The second-order valence-corrected chi connectivity index (χ2v) is 8.78. The third kappa shape index (κ3) is 4.73. The maximum Gasteiger partial charge on any atom is 0.407 e. The fraction of sp³-hybridized carbons (Fsp3) is 0.400. The van der Waals surface area contributed by atoms with Gasteiger partial charge in [0.1, 0.15) is 12.6 Å². The zero-order valence-corrected chi connectivity index (χ0v) is 18.6. The molecule has 0 aromatic heterocycles. The predicted molar refractivity (Wildman–Crippen MR) is 119 cm³/mol. The van der Waals surface area contributed by atoms with Crippen LogP contribution in [-0.4, -0.2) is 60.1 Å². The first-order valence-corrected chi connectivity index (χ1v) is 11.2. The Morgan fingerprint density at radius 3 is 2.15 bits per heavy atom. The molecule has 9 heteroatoms. The second-order valence-electron chi connectivity index (χ2n) is 8.78. The topological polar surface area (TPSA) is 95.9 Å². The first-order chi connectivity index (χ1) is 16.3. The lowest BCUT2D eigenvalue weighted by molar-refractivity contribution is -0.151. The molecule has 2 N–H and O–H groups in total. The number of rotatable bonds is 8. The van der Waals surface area contributed by atoms with E-state index >= 15 is 0 Å². The number of carboxylic acids is 1. The highest BCUT2D eigenvalue weighted by atomic mass is 19.3. The number of nitrogens with zero attached hydrogens (tertiary/aromatic N) is 1. The van der Waals surface area contributed by atoms with E-state index in [0.29, 0.717) is 0 Å². The first-order valence-electron chi connectivity index (χ1n) is 11.2. The third-order valence-corrected chi connectivity index (χ3v) is 6.67. The summed E-state index contributed by atoms with van der Waals surface area (Å²) in [6.45, 7) is 1.84. The number of benzene rings is 2. The third-order valence-electron chi connectivity index (χ3n) is 6.67. The van der Waals surface area contributed by atoms with Gasteiger partial charge in [0.25, 0.3) is 0 Å². The van der Waals surface area contributed by atoms with E-state index in [9.17, 15) is 23.2 Å². The minimum absolute atomic E-state index is 0.00262. The molecule has 4 rings (SSSR count). The monoisotopic (exact) mass is 472 g/mol. The number of amides is 2. The number of ether oxygens (including phenoxy) is 1. The SMILES string of the molecule is CC(C(=O)O)C1CN(C(=O)C(CC(F)F)NC(=O)OCC2c3ccccc3-c3ccccc32)C1. The van der Waals surface area contributed by atoms with Crippen LogP contribution in [0.25, 0.3) is 11.1 Å². The van der Waals surface area contributed by atoms with Gasteiger partial charge < -0.3 is 20.1 Å². The summed E-state index contributed by atoms with van der Waals surface area (Å²) in [5, 5.41) is 11.4. The quantitative estimate of drug-likeness (QED) is 0.611. The van der Waals surface area contributed by atoms with Gasteiger partial charge in [-0.1, -0.05) is 55.5 Å². The average molecular weight is 472 g/mol. The molecule has 0 spiro atoms. The lowest BCUT2D eigenvalue weighted by Gasteiger charge is -2.42. The molecule has 2 aromatic rings. The summed E-state index contributed by atoms with van der Waals surface area (Å²) in [4.78, 5) is 37.6. The largest absolute Gasteiger partial charge is 0.481 e. The highest BCUT2D eigenvalue weighted by molar-refractivity contribution is 5.86. The number of carbonyl (C=O) groups is 3. The van der Waals surface area contributed by atoms with Crippen LogP contribution in [0.5, 0.6) is 0 Å². The van der Waals surface area contributed by atoms with E-state index in [0.717, 1.165) is 22.3 Å². The van der Waals surface area contributed by atoms with Crippen molar-refractivity contribution in [2.45, 2.75) is 31.7 Å².